The van der Waals surface area contributed by atoms with Gasteiger partial charge in [-0.2, -0.15) is 0 Å². The molecule has 1 spiro atoms. The zero-order valence-corrected chi connectivity index (χ0v) is 15.8. The summed E-state index contributed by atoms with van der Waals surface area (Å²) in [6.45, 7) is 13.2. The highest BCUT2D eigenvalue weighted by atomic mass is 16.6. The van der Waals surface area contributed by atoms with E-state index in [0.29, 0.717) is 19.4 Å². The van der Waals surface area contributed by atoms with Crippen LogP contribution in [-0.2, 0) is 16.1 Å². The molecule has 2 fully saturated rings. The third-order valence-corrected chi connectivity index (χ3v) is 5.05. The lowest BCUT2D eigenvalue weighted by molar-refractivity contribution is -0.157. The number of piperidine rings is 1. The molecule has 0 aliphatic carbocycles. The summed E-state index contributed by atoms with van der Waals surface area (Å²) >= 11 is 0. The summed E-state index contributed by atoms with van der Waals surface area (Å²) in [5.41, 5.74) is -0.494. The quantitative estimate of drug-likeness (QED) is 0.903. The Morgan fingerprint density at radius 1 is 1.00 bits per heavy atom. The van der Waals surface area contributed by atoms with Gasteiger partial charge in [-0.15, -0.1) is 0 Å². The highest BCUT2D eigenvalue weighted by molar-refractivity contribution is 5.88. The van der Waals surface area contributed by atoms with E-state index in [0.717, 1.165) is 5.56 Å². The van der Waals surface area contributed by atoms with Gasteiger partial charge in [0, 0.05) is 30.5 Å². The SMILES string of the molecule is CC1(C)CC2(CC(C)(C)N1)OC(C)(C)N(Cc1ccccc1)C2=O. The van der Waals surface area contributed by atoms with Gasteiger partial charge in [-0.3, -0.25) is 4.79 Å². The zero-order valence-electron chi connectivity index (χ0n) is 15.8. The first-order valence-corrected chi connectivity index (χ1v) is 8.80. The van der Waals surface area contributed by atoms with E-state index in [1.165, 1.54) is 0 Å². The van der Waals surface area contributed by atoms with Crippen molar-refractivity contribution in [3.63, 3.8) is 0 Å². The molecule has 4 heteroatoms. The Balaban J connectivity index is 1.93. The standard InChI is InChI=1S/C20H30N2O2/c1-17(2)13-20(14-18(3,4)21-17)16(23)22(19(5,6)24-20)12-15-10-8-7-9-11-15/h7-11,21H,12-14H2,1-6H3. The van der Waals surface area contributed by atoms with Crippen LogP contribution in [0.2, 0.25) is 0 Å². The first-order chi connectivity index (χ1) is 10.9. The number of hydrogen-bond donors (Lipinski definition) is 1. The second-order valence-electron chi connectivity index (χ2n) is 9.17. The maximum Gasteiger partial charge on any atom is 0.257 e. The molecule has 1 N–H and O–H groups in total. The van der Waals surface area contributed by atoms with Crippen molar-refractivity contribution in [3.8, 4) is 0 Å². The van der Waals surface area contributed by atoms with E-state index in [4.69, 9.17) is 4.74 Å². The molecule has 0 aromatic heterocycles. The third kappa shape index (κ3) is 3.09. The van der Waals surface area contributed by atoms with Gasteiger partial charge in [-0.05, 0) is 47.1 Å². The Morgan fingerprint density at radius 2 is 1.54 bits per heavy atom. The van der Waals surface area contributed by atoms with Gasteiger partial charge in [0.1, 0.15) is 5.72 Å². The molecule has 2 aliphatic rings. The lowest BCUT2D eigenvalue weighted by Crippen LogP contribution is -2.65. The summed E-state index contributed by atoms with van der Waals surface area (Å²) in [6, 6.07) is 10.1. The van der Waals surface area contributed by atoms with Crippen LogP contribution in [0.1, 0.15) is 59.9 Å². The van der Waals surface area contributed by atoms with Crippen LogP contribution >= 0.6 is 0 Å². The highest BCUT2D eigenvalue weighted by Crippen LogP contribution is 2.47. The number of amides is 1. The van der Waals surface area contributed by atoms with Gasteiger partial charge in [-0.1, -0.05) is 30.3 Å². The number of benzene rings is 1. The monoisotopic (exact) mass is 330 g/mol. The van der Waals surface area contributed by atoms with Crippen molar-refractivity contribution in [1.29, 1.82) is 0 Å². The van der Waals surface area contributed by atoms with E-state index in [-0.39, 0.29) is 17.0 Å². The van der Waals surface area contributed by atoms with E-state index >= 15 is 0 Å². The summed E-state index contributed by atoms with van der Waals surface area (Å²) in [5, 5.41) is 3.64. The van der Waals surface area contributed by atoms with Gasteiger partial charge in [0.15, 0.2) is 5.60 Å². The number of nitrogens with zero attached hydrogens (tertiary/aromatic N) is 1. The van der Waals surface area contributed by atoms with Gasteiger partial charge in [0.05, 0.1) is 0 Å². The van der Waals surface area contributed by atoms with Crippen LogP contribution in [0.3, 0.4) is 0 Å². The Hall–Kier alpha value is -1.39. The van der Waals surface area contributed by atoms with E-state index in [2.05, 4.69) is 45.1 Å². The molecule has 1 aromatic rings. The summed E-state index contributed by atoms with van der Waals surface area (Å²) in [5.74, 6) is 0.124. The van der Waals surface area contributed by atoms with Crippen molar-refractivity contribution in [2.75, 3.05) is 0 Å². The molecule has 2 heterocycles. The molecule has 1 aromatic carbocycles. The summed E-state index contributed by atoms with van der Waals surface area (Å²) < 4.78 is 6.48. The molecule has 132 valence electrons. The van der Waals surface area contributed by atoms with Gasteiger partial charge < -0.3 is 15.0 Å². The maximum absolute atomic E-state index is 13.5. The Morgan fingerprint density at radius 3 is 2.08 bits per heavy atom. The van der Waals surface area contributed by atoms with Crippen LogP contribution in [0.15, 0.2) is 30.3 Å². The molecule has 0 bridgehead atoms. The van der Waals surface area contributed by atoms with Crippen LogP contribution in [0.5, 0.6) is 0 Å². The van der Waals surface area contributed by atoms with Crippen LogP contribution in [0.4, 0.5) is 0 Å². The number of carbonyl (C=O) groups is 1. The molecule has 4 nitrogen and oxygen atoms in total. The van der Waals surface area contributed by atoms with Crippen molar-refractivity contribution >= 4 is 5.91 Å². The normalized spacial score (nSPS) is 26.8. The molecule has 0 unspecified atom stereocenters. The predicted octanol–water partition coefficient (Wildman–Crippen LogP) is 3.46. The number of rotatable bonds is 2. The van der Waals surface area contributed by atoms with Gasteiger partial charge in [0.2, 0.25) is 0 Å². The number of nitrogens with one attached hydrogen (secondary N) is 1. The van der Waals surface area contributed by atoms with Crippen LogP contribution in [-0.4, -0.2) is 33.2 Å². The minimum atomic E-state index is -0.740. The van der Waals surface area contributed by atoms with Crippen molar-refractivity contribution < 1.29 is 9.53 Å². The van der Waals surface area contributed by atoms with Crippen LogP contribution < -0.4 is 5.32 Å². The summed E-state index contributed by atoms with van der Waals surface area (Å²) in [6.07, 6.45) is 1.38. The molecule has 24 heavy (non-hydrogen) atoms. The van der Waals surface area contributed by atoms with Gasteiger partial charge in [-0.25, -0.2) is 0 Å². The number of hydrogen-bond acceptors (Lipinski definition) is 3. The molecule has 1 amide bonds. The lowest BCUT2D eigenvalue weighted by atomic mass is 9.72. The van der Waals surface area contributed by atoms with E-state index in [1.54, 1.807) is 0 Å². The van der Waals surface area contributed by atoms with Gasteiger partial charge in [0.25, 0.3) is 5.91 Å². The average Bonchev–Trinajstić information content (AvgIpc) is 2.56. The Kier molecular flexibility index (Phi) is 3.85. The van der Waals surface area contributed by atoms with Crippen LogP contribution in [0.25, 0.3) is 0 Å². The van der Waals surface area contributed by atoms with Crippen molar-refractivity contribution in [2.45, 2.75) is 83.3 Å². The maximum atomic E-state index is 13.5. The molecular weight excluding hydrogens is 300 g/mol. The number of ether oxygens (including phenoxy) is 1. The van der Waals surface area contributed by atoms with Crippen molar-refractivity contribution in [2.24, 2.45) is 0 Å². The molecule has 0 atom stereocenters. The topological polar surface area (TPSA) is 41.6 Å². The minimum absolute atomic E-state index is 0.124. The largest absolute Gasteiger partial charge is 0.340 e. The minimum Gasteiger partial charge on any atom is -0.340 e. The smallest absolute Gasteiger partial charge is 0.257 e. The molecule has 2 aliphatic heterocycles. The zero-order chi connectivity index (χ0) is 17.8. The third-order valence-electron chi connectivity index (χ3n) is 5.05. The summed E-state index contributed by atoms with van der Waals surface area (Å²) in [7, 11) is 0. The van der Waals surface area contributed by atoms with Gasteiger partial charge >= 0.3 is 0 Å². The molecule has 2 saturated heterocycles. The fourth-order valence-corrected chi connectivity index (χ4v) is 4.81. The predicted molar refractivity (Wildman–Crippen MR) is 95.4 cm³/mol. The Labute approximate surface area is 145 Å². The first-order valence-electron chi connectivity index (χ1n) is 8.80. The van der Waals surface area contributed by atoms with E-state index in [1.807, 2.05) is 36.9 Å². The van der Waals surface area contributed by atoms with Crippen LogP contribution in [0, 0.1) is 0 Å². The van der Waals surface area contributed by atoms with E-state index in [9.17, 15) is 4.79 Å². The Bertz CT molecular complexity index is 618. The summed E-state index contributed by atoms with van der Waals surface area (Å²) in [4.78, 5) is 15.4. The fourth-order valence-electron chi connectivity index (χ4n) is 4.81. The molecule has 0 radical (unpaired) electrons. The second-order valence-corrected chi connectivity index (χ2v) is 9.17. The lowest BCUT2D eigenvalue weighted by Gasteiger charge is -2.50. The van der Waals surface area contributed by atoms with E-state index < -0.39 is 11.3 Å². The first kappa shape index (κ1) is 17.4. The van der Waals surface area contributed by atoms with Crippen molar-refractivity contribution in [3.05, 3.63) is 35.9 Å². The molecule has 3 rings (SSSR count). The fraction of sp³-hybridized carbons (Fsp3) is 0.650. The number of carbonyl (C=O) groups excluding carboxylic acids is 1. The molecule has 0 saturated carbocycles. The second kappa shape index (κ2) is 5.30. The highest BCUT2D eigenvalue weighted by Gasteiger charge is 2.62. The van der Waals surface area contributed by atoms with Crippen molar-refractivity contribution in [1.82, 2.24) is 10.2 Å². The molecular formula is C20H30N2O2. The average molecular weight is 330 g/mol.